The highest BCUT2D eigenvalue weighted by molar-refractivity contribution is 6.09. The first-order valence-corrected chi connectivity index (χ1v) is 9.55. The lowest BCUT2D eigenvalue weighted by Gasteiger charge is -2.29. The first-order valence-electron chi connectivity index (χ1n) is 9.55. The topological polar surface area (TPSA) is 56.8 Å². The van der Waals surface area contributed by atoms with Crippen molar-refractivity contribution in [1.29, 1.82) is 0 Å². The first-order chi connectivity index (χ1) is 14.4. The SMILES string of the molecule is C#CCNc1cc(C=CC(=O)c2ccc(OC)c3c2OC(C)(C)C=C3)ccc1OC. The molecule has 0 amide bonds. The predicted molar refractivity (Wildman–Crippen MR) is 120 cm³/mol. The monoisotopic (exact) mass is 403 g/mol. The summed E-state index contributed by atoms with van der Waals surface area (Å²) in [4.78, 5) is 13.0. The fourth-order valence-corrected chi connectivity index (χ4v) is 3.18. The van der Waals surface area contributed by atoms with Crippen molar-refractivity contribution < 1.29 is 19.0 Å². The van der Waals surface area contributed by atoms with Crippen molar-refractivity contribution in [3.8, 4) is 29.6 Å². The lowest BCUT2D eigenvalue weighted by atomic mass is 9.97. The molecule has 154 valence electrons. The van der Waals surface area contributed by atoms with E-state index in [4.69, 9.17) is 20.6 Å². The van der Waals surface area contributed by atoms with Gasteiger partial charge in [-0.15, -0.1) is 6.42 Å². The Balaban J connectivity index is 1.91. The average molecular weight is 403 g/mol. The van der Waals surface area contributed by atoms with Gasteiger partial charge in [0, 0.05) is 0 Å². The fourth-order valence-electron chi connectivity index (χ4n) is 3.18. The van der Waals surface area contributed by atoms with Crippen LogP contribution in [0.5, 0.6) is 17.2 Å². The summed E-state index contributed by atoms with van der Waals surface area (Å²) in [5.74, 6) is 4.25. The number of hydrogen-bond acceptors (Lipinski definition) is 5. The van der Waals surface area contributed by atoms with Gasteiger partial charge in [-0.2, -0.15) is 0 Å². The van der Waals surface area contributed by atoms with Gasteiger partial charge in [0.05, 0.1) is 37.6 Å². The summed E-state index contributed by atoms with van der Waals surface area (Å²) in [5.41, 5.74) is 2.35. The van der Waals surface area contributed by atoms with Crippen molar-refractivity contribution in [1.82, 2.24) is 0 Å². The molecule has 1 heterocycles. The molecule has 5 nitrogen and oxygen atoms in total. The molecule has 0 unspecified atom stereocenters. The summed E-state index contributed by atoms with van der Waals surface area (Å²) in [6.45, 7) is 4.26. The molecule has 3 rings (SSSR count). The number of ketones is 1. The smallest absolute Gasteiger partial charge is 0.189 e. The van der Waals surface area contributed by atoms with E-state index in [0.717, 1.165) is 16.8 Å². The number of rotatable bonds is 7. The number of carbonyl (C=O) groups excluding carboxylic acids is 1. The largest absolute Gasteiger partial charge is 0.496 e. The third kappa shape index (κ3) is 4.49. The maximum absolute atomic E-state index is 13.0. The van der Waals surface area contributed by atoms with E-state index in [-0.39, 0.29) is 5.78 Å². The molecule has 1 aliphatic heterocycles. The van der Waals surface area contributed by atoms with Crippen LogP contribution in [-0.2, 0) is 0 Å². The summed E-state index contributed by atoms with van der Waals surface area (Å²) in [5, 5.41) is 3.11. The number of nitrogens with one attached hydrogen (secondary N) is 1. The van der Waals surface area contributed by atoms with Crippen LogP contribution in [0.4, 0.5) is 5.69 Å². The van der Waals surface area contributed by atoms with Gasteiger partial charge in [-0.25, -0.2) is 0 Å². The Hall–Kier alpha value is -3.65. The lowest BCUT2D eigenvalue weighted by Crippen LogP contribution is -2.28. The fraction of sp³-hybridized carbons (Fsp3) is 0.240. The van der Waals surface area contributed by atoms with Gasteiger partial charge < -0.3 is 19.5 Å². The Kier molecular flexibility index (Phi) is 6.17. The van der Waals surface area contributed by atoms with Gasteiger partial charge in [-0.1, -0.05) is 18.1 Å². The molecule has 1 N–H and O–H groups in total. The average Bonchev–Trinajstić information content (AvgIpc) is 2.74. The number of anilines is 1. The van der Waals surface area contributed by atoms with Crippen LogP contribution in [0.3, 0.4) is 0 Å². The normalized spacial score (nSPS) is 13.8. The summed E-state index contributed by atoms with van der Waals surface area (Å²) < 4.78 is 16.9. The van der Waals surface area contributed by atoms with E-state index in [1.54, 1.807) is 32.4 Å². The zero-order valence-electron chi connectivity index (χ0n) is 17.6. The van der Waals surface area contributed by atoms with E-state index in [0.29, 0.717) is 29.4 Å². The number of allylic oxidation sites excluding steroid dienone is 1. The van der Waals surface area contributed by atoms with Crippen LogP contribution >= 0.6 is 0 Å². The van der Waals surface area contributed by atoms with E-state index in [2.05, 4.69) is 11.2 Å². The Labute approximate surface area is 177 Å². The van der Waals surface area contributed by atoms with Crippen molar-refractivity contribution in [3.05, 3.63) is 59.2 Å². The molecular formula is C25H25NO4. The van der Waals surface area contributed by atoms with Crippen molar-refractivity contribution >= 4 is 23.6 Å². The molecule has 30 heavy (non-hydrogen) atoms. The summed E-state index contributed by atoms with van der Waals surface area (Å²) in [7, 11) is 3.19. The number of fused-ring (bicyclic) bond motifs is 1. The second-order valence-corrected chi connectivity index (χ2v) is 7.31. The molecule has 0 spiro atoms. The van der Waals surface area contributed by atoms with E-state index in [9.17, 15) is 4.79 Å². The zero-order chi connectivity index (χ0) is 21.7. The van der Waals surface area contributed by atoms with Gasteiger partial charge in [-0.3, -0.25) is 4.79 Å². The van der Waals surface area contributed by atoms with Crippen molar-refractivity contribution in [2.24, 2.45) is 0 Å². The quantitative estimate of drug-likeness (QED) is 0.408. The maximum atomic E-state index is 13.0. The van der Waals surface area contributed by atoms with E-state index in [1.807, 2.05) is 44.2 Å². The molecule has 0 radical (unpaired) electrons. The number of terminal acetylenes is 1. The standard InChI is InChI=1S/C25H25NO4/c1-6-15-26-20-16-17(8-11-23(20)29-5)7-10-21(27)18-9-12-22(28-4)19-13-14-25(2,3)30-24(18)19/h1,7-14,16,26H,15H2,2-5H3. The Morgan fingerprint density at radius 3 is 2.63 bits per heavy atom. The molecular weight excluding hydrogens is 378 g/mol. The van der Waals surface area contributed by atoms with Gasteiger partial charge in [-0.05, 0) is 61.9 Å². The second kappa shape index (κ2) is 8.79. The Bertz CT molecular complexity index is 1060. The second-order valence-electron chi connectivity index (χ2n) is 7.31. The highest BCUT2D eigenvalue weighted by Gasteiger charge is 2.27. The van der Waals surface area contributed by atoms with Crippen LogP contribution < -0.4 is 19.5 Å². The van der Waals surface area contributed by atoms with Crippen LogP contribution in [0, 0.1) is 12.3 Å². The molecule has 1 aliphatic rings. The van der Waals surface area contributed by atoms with Gasteiger partial charge in [0.1, 0.15) is 22.8 Å². The van der Waals surface area contributed by atoms with Crippen LogP contribution in [0.1, 0.15) is 35.3 Å². The maximum Gasteiger partial charge on any atom is 0.189 e. The molecule has 0 fully saturated rings. The first kappa shape index (κ1) is 21.1. The van der Waals surface area contributed by atoms with Crippen molar-refractivity contribution in [2.75, 3.05) is 26.1 Å². The van der Waals surface area contributed by atoms with Gasteiger partial charge in [0.2, 0.25) is 0 Å². The number of methoxy groups -OCH3 is 2. The molecule has 0 saturated heterocycles. The van der Waals surface area contributed by atoms with E-state index < -0.39 is 5.60 Å². The molecule has 0 bridgehead atoms. The molecule has 0 atom stereocenters. The van der Waals surface area contributed by atoms with Crippen LogP contribution in [0.2, 0.25) is 0 Å². The predicted octanol–water partition coefficient (Wildman–Crippen LogP) is 4.83. The van der Waals surface area contributed by atoms with E-state index in [1.165, 1.54) is 6.08 Å². The number of carbonyl (C=O) groups is 1. The summed E-state index contributed by atoms with van der Waals surface area (Å²) >= 11 is 0. The molecule has 2 aromatic carbocycles. The van der Waals surface area contributed by atoms with E-state index >= 15 is 0 Å². The minimum absolute atomic E-state index is 0.158. The number of benzene rings is 2. The number of hydrogen-bond donors (Lipinski definition) is 1. The van der Waals surface area contributed by atoms with Crippen molar-refractivity contribution in [3.63, 3.8) is 0 Å². The minimum atomic E-state index is -0.508. The lowest BCUT2D eigenvalue weighted by molar-refractivity contribution is 0.103. The molecule has 5 heteroatoms. The summed E-state index contributed by atoms with van der Waals surface area (Å²) in [6.07, 6.45) is 12.5. The van der Waals surface area contributed by atoms with Crippen molar-refractivity contribution in [2.45, 2.75) is 19.4 Å². The third-order valence-electron chi connectivity index (χ3n) is 4.69. The minimum Gasteiger partial charge on any atom is -0.496 e. The highest BCUT2D eigenvalue weighted by atomic mass is 16.5. The molecule has 0 aliphatic carbocycles. The molecule has 2 aromatic rings. The van der Waals surface area contributed by atoms with Crippen LogP contribution in [-0.4, -0.2) is 32.1 Å². The van der Waals surface area contributed by atoms with Crippen LogP contribution in [0.25, 0.3) is 12.2 Å². The Morgan fingerprint density at radius 2 is 1.93 bits per heavy atom. The Morgan fingerprint density at radius 1 is 1.20 bits per heavy atom. The zero-order valence-corrected chi connectivity index (χ0v) is 17.6. The van der Waals surface area contributed by atoms with Gasteiger partial charge in [0.15, 0.2) is 5.78 Å². The third-order valence-corrected chi connectivity index (χ3v) is 4.69. The van der Waals surface area contributed by atoms with Gasteiger partial charge >= 0.3 is 0 Å². The van der Waals surface area contributed by atoms with Crippen LogP contribution in [0.15, 0.2) is 42.5 Å². The highest BCUT2D eigenvalue weighted by Crippen LogP contribution is 2.40. The summed E-state index contributed by atoms with van der Waals surface area (Å²) in [6, 6.07) is 9.09. The molecule has 0 aromatic heterocycles. The number of ether oxygens (including phenoxy) is 3. The molecule has 0 saturated carbocycles. The van der Waals surface area contributed by atoms with Gasteiger partial charge in [0.25, 0.3) is 0 Å².